The van der Waals surface area contributed by atoms with Crippen molar-refractivity contribution < 1.29 is 23.8 Å². The van der Waals surface area contributed by atoms with Gasteiger partial charge < -0.3 is 25.5 Å². The molecule has 1 aromatic carbocycles. The summed E-state index contributed by atoms with van der Waals surface area (Å²) in [5, 5.41) is 12.2. The van der Waals surface area contributed by atoms with Crippen molar-refractivity contribution in [2.45, 2.75) is 26.0 Å². The number of hydrogen-bond acceptors (Lipinski definition) is 5. The molecule has 2 heterocycles. The molecule has 2 aromatic rings. The molecule has 1 aromatic heterocycles. The van der Waals surface area contributed by atoms with E-state index in [0.717, 1.165) is 6.07 Å². The van der Waals surface area contributed by atoms with Crippen molar-refractivity contribution in [1.82, 2.24) is 14.9 Å². The normalized spacial score (nSPS) is 12.6. The third-order valence-corrected chi connectivity index (χ3v) is 4.03. The highest BCUT2D eigenvalue weighted by Gasteiger charge is 2.29. The molecule has 9 heteroatoms. The molecule has 0 saturated carbocycles. The van der Waals surface area contributed by atoms with Crippen LogP contribution in [0.4, 0.5) is 4.39 Å². The molecule has 146 valence electrons. The number of primary amides is 1. The van der Waals surface area contributed by atoms with Crippen molar-refractivity contribution in [3.63, 3.8) is 0 Å². The van der Waals surface area contributed by atoms with Crippen LogP contribution >= 0.6 is 0 Å². The van der Waals surface area contributed by atoms with Crippen molar-refractivity contribution in [3.8, 4) is 29.0 Å². The molecule has 1 aliphatic rings. The van der Waals surface area contributed by atoms with Gasteiger partial charge >= 0.3 is 0 Å². The van der Waals surface area contributed by atoms with Gasteiger partial charge in [-0.2, -0.15) is 0 Å². The van der Waals surface area contributed by atoms with Crippen LogP contribution in [0.1, 0.15) is 40.4 Å². The summed E-state index contributed by atoms with van der Waals surface area (Å²) in [5.41, 5.74) is 4.29. The Morgan fingerprint density at radius 3 is 2.75 bits per heavy atom. The third-order valence-electron chi connectivity index (χ3n) is 4.03. The number of aromatic nitrogens is 2. The summed E-state index contributed by atoms with van der Waals surface area (Å²) in [6.45, 7) is 3.30. The maximum absolute atomic E-state index is 14.4. The first-order valence-electron chi connectivity index (χ1n) is 8.47. The van der Waals surface area contributed by atoms with Gasteiger partial charge in [0.2, 0.25) is 0 Å². The number of rotatable bonds is 2. The van der Waals surface area contributed by atoms with Crippen LogP contribution in [0.15, 0.2) is 12.1 Å². The van der Waals surface area contributed by atoms with Gasteiger partial charge in [-0.05, 0) is 19.9 Å². The van der Waals surface area contributed by atoms with Gasteiger partial charge in [0.25, 0.3) is 11.8 Å². The molecule has 4 N–H and O–H groups in total. The maximum Gasteiger partial charge on any atom is 0.270 e. The smallest absolute Gasteiger partial charge is 0.270 e. The standard InChI is InChI=1S/C19H19FN4O4/c1-19(2,27)5-4-10-8-11-13(9-12(10)20)28-7-6-24-15(18(26)22-3)14(16(21)25)23-17(11)24/h8-9,27H,6-7H2,1-3H3,(H2,21,25)(H,22,26). The number of carbonyl (C=O) groups is 2. The van der Waals surface area contributed by atoms with Crippen LogP contribution in [-0.2, 0) is 6.54 Å². The Bertz CT molecular complexity index is 1040. The number of aliphatic hydroxyl groups is 1. The summed E-state index contributed by atoms with van der Waals surface area (Å²) in [6.07, 6.45) is 0. The molecule has 2 amide bonds. The lowest BCUT2D eigenvalue weighted by atomic mass is 10.1. The minimum Gasteiger partial charge on any atom is -0.491 e. The first-order valence-corrected chi connectivity index (χ1v) is 8.47. The maximum atomic E-state index is 14.4. The number of nitrogens with zero attached hydrogens (tertiary/aromatic N) is 2. The molecule has 28 heavy (non-hydrogen) atoms. The monoisotopic (exact) mass is 386 g/mol. The number of carbonyl (C=O) groups excluding carboxylic acids is 2. The summed E-state index contributed by atoms with van der Waals surface area (Å²) in [5.74, 6) is 3.57. The van der Waals surface area contributed by atoms with Crippen LogP contribution in [0.5, 0.6) is 5.75 Å². The Morgan fingerprint density at radius 2 is 2.14 bits per heavy atom. The Hall–Kier alpha value is -3.38. The zero-order valence-electron chi connectivity index (χ0n) is 15.6. The molecule has 0 spiro atoms. The number of benzene rings is 1. The highest BCUT2D eigenvalue weighted by atomic mass is 19.1. The summed E-state index contributed by atoms with van der Waals surface area (Å²) in [6, 6.07) is 2.57. The third kappa shape index (κ3) is 3.54. The Balaban J connectivity index is 2.26. The van der Waals surface area contributed by atoms with Gasteiger partial charge in [0.15, 0.2) is 5.69 Å². The summed E-state index contributed by atoms with van der Waals surface area (Å²) < 4.78 is 21.5. The van der Waals surface area contributed by atoms with Gasteiger partial charge in [-0.15, -0.1) is 0 Å². The predicted molar refractivity (Wildman–Crippen MR) is 98.2 cm³/mol. The van der Waals surface area contributed by atoms with Crippen molar-refractivity contribution in [1.29, 1.82) is 0 Å². The molecule has 3 rings (SSSR count). The number of nitrogens with one attached hydrogen (secondary N) is 1. The lowest BCUT2D eigenvalue weighted by molar-refractivity contribution is 0.0933. The minimum absolute atomic E-state index is 0.00917. The molecular formula is C19H19FN4O4. The highest BCUT2D eigenvalue weighted by molar-refractivity contribution is 6.05. The molecule has 0 unspecified atom stereocenters. The molecule has 0 radical (unpaired) electrons. The second-order valence-corrected chi connectivity index (χ2v) is 6.71. The first-order chi connectivity index (χ1) is 13.1. The number of ether oxygens (including phenoxy) is 1. The van der Waals surface area contributed by atoms with E-state index in [1.54, 1.807) is 0 Å². The van der Waals surface area contributed by atoms with E-state index in [4.69, 9.17) is 10.5 Å². The molecule has 0 atom stereocenters. The predicted octanol–water partition coefficient (Wildman–Crippen LogP) is 0.662. The van der Waals surface area contributed by atoms with Crippen LogP contribution in [0.3, 0.4) is 0 Å². The molecule has 8 nitrogen and oxygen atoms in total. The van der Waals surface area contributed by atoms with E-state index >= 15 is 0 Å². The van der Waals surface area contributed by atoms with Crippen molar-refractivity contribution in [2.75, 3.05) is 13.7 Å². The number of amides is 2. The fourth-order valence-electron chi connectivity index (χ4n) is 2.81. The van der Waals surface area contributed by atoms with Crippen molar-refractivity contribution in [2.24, 2.45) is 5.73 Å². The van der Waals surface area contributed by atoms with Gasteiger partial charge in [0.05, 0.1) is 17.7 Å². The zero-order chi connectivity index (χ0) is 20.6. The lowest BCUT2D eigenvalue weighted by Crippen LogP contribution is -2.26. The van der Waals surface area contributed by atoms with Crippen LogP contribution in [0.2, 0.25) is 0 Å². The van der Waals surface area contributed by atoms with Crippen molar-refractivity contribution >= 4 is 11.8 Å². The Labute approximate surface area is 160 Å². The number of hydrogen-bond donors (Lipinski definition) is 3. The van der Waals surface area contributed by atoms with E-state index in [1.165, 1.54) is 31.5 Å². The van der Waals surface area contributed by atoms with Crippen LogP contribution in [-0.4, -0.2) is 45.7 Å². The Kier molecular flexibility index (Phi) is 4.83. The average molecular weight is 386 g/mol. The van der Waals surface area contributed by atoms with Gasteiger partial charge in [0.1, 0.15) is 35.3 Å². The first kappa shape index (κ1) is 19.4. The van der Waals surface area contributed by atoms with E-state index in [-0.39, 0.29) is 41.7 Å². The SMILES string of the molecule is CNC(=O)c1c(C(N)=O)nc2n1CCOc1cc(F)c(C#CC(C)(C)O)cc1-2. The second-order valence-electron chi connectivity index (χ2n) is 6.71. The lowest BCUT2D eigenvalue weighted by Gasteiger charge is -2.09. The minimum atomic E-state index is -1.31. The van der Waals surface area contributed by atoms with Crippen LogP contribution < -0.4 is 15.8 Å². The van der Waals surface area contributed by atoms with Gasteiger partial charge in [-0.1, -0.05) is 11.8 Å². The van der Waals surface area contributed by atoms with E-state index in [0.29, 0.717) is 5.56 Å². The number of halogens is 1. The van der Waals surface area contributed by atoms with Crippen LogP contribution in [0.25, 0.3) is 11.4 Å². The second kappa shape index (κ2) is 6.98. The summed E-state index contributed by atoms with van der Waals surface area (Å²) in [4.78, 5) is 28.3. The number of fused-ring (bicyclic) bond motifs is 3. The summed E-state index contributed by atoms with van der Waals surface area (Å²) >= 11 is 0. The number of imidazole rings is 1. The van der Waals surface area contributed by atoms with Gasteiger partial charge in [0, 0.05) is 13.1 Å². The van der Waals surface area contributed by atoms with E-state index in [1.807, 2.05) is 0 Å². The van der Waals surface area contributed by atoms with Crippen molar-refractivity contribution in [3.05, 3.63) is 34.9 Å². The highest BCUT2D eigenvalue weighted by Crippen LogP contribution is 2.35. The van der Waals surface area contributed by atoms with Gasteiger partial charge in [-0.3, -0.25) is 9.59 Å². The molecule has 0 fully saturated rings. The molecular weight excluding hydrogens is 367 g/mol. The van der Waals surface area contributed by atoms with Gasteiger partial charge in [-0.25, -0.2) is 9.37 Å². The fourth-order valence-corrected chi connectivity index (χ4v) is 2.81. The molecule has 0 saturated heterocycles. The van der Waals surface area contributed by atoms with E-state index < -0.39 is 23.2 Å². The van der Waals surface area contributed by atoms with E-state index in [9.17, 15) is 19.1 Å². The zero-order valence-corrected chi connectivity index (χ0v) is 15.6. The quantitative estimate of drug-likeness (QED) is 0.655. The summed E-state index contributed by atoms with van der Waals surface area (Å²) in [7, 11) is 1.42. The largest absolute Gasteiger partial charge is 0.491 e. The fraction of sp³-hybridized carbons (Fsp3) is 0.316. The molecule has 1 aliphatic heterocycles. The topological polar surface area (TPSA) is 119 Å². The van der Waals surface area contributed by atoms with E-state index in [2.05, 4.69) is 22.1 Å². The molecule has 0 aliphatic carbocycles. The average Bonchev–Trinajstić information content (AvgIpc) is 2.90. The molecule has 0 bridgehead atoms. The van der Waals surface area contributed by atoms with Crippen LogP contribution in [0, 0.1) is 17.7 Å². The number of nitrogens with two attached hydrogens (primary N) is 1. The Morgan fingerprint density at radius 1 is 1.43 bits per heavy atom.